The molecule has 0 saturated carbocycles. The minimum atomic E-state index is -0.297. The lowest BCUT2D eigenvalue weighted by atomic mass is 10.0. The predicted octanol–water partition coefficient (Wildman–Crippen LogP) is 3.82. The summed E-state index contributed by atoms with van der Waals surface area (Å²) >= 11 is 1.79. The van der Waals surface area contributed by atoms with Crippen molar-refractivity contribution in [3.8, 4) is 11.1 Å². The van der Waals surface area contributed by atoms with E-state index in [-0.39, 0.29) is 5.97 Å². The number of aryl methyl sites for hydroxylation is 2. The van der Waals surface area contributed by atoms with Crippen molar-refractivity contribution in [1.82, 2.24) is 0 Å². The fraction of sp³-hybridized carbons (Fsp3) is 0.214. The van der Waals surface area contributed by atoms with Crippen molar-refractivity contribution in [3.63, 3.8) is 0 Å². The Morgan fingerprint density at radius 3 is 2.29 bits per heavy atom. The smallest absolute Gasteiger partial charge is 0.337 e. The normalized spacial score (nSPS) is 10.3. The summed E-state index contributed by atoms with van der Waals surface area (Å²) in [6, 6.07) is 9.69. The molecule has 3 heteroatoms. The Hall–Kier alpha value is -1.61. The second kappa shape index (κ2) is 4.72. The number of carbonyl (C=O) groups is 1. The third-order valence-electron chi connectivity index (χ3n) is 2.66. The number of esters is 1. The Morgan fingerprint density at radius 1 is 1.18 bits per heavy atom. The maximum Gasteiger partial charge on any atom is 0.337 e. The number of thiophene rings is 1. The summed E-state index contributed by atoms with van der Waals surface area (Å²) in [6.45, 7) is 4.21. The van der Waals surface area contributed by atoms with E-state index in [1.165, 1.54) is 22.4 Å². The summed E-state index contributed by atoms with van der Waals surface area (Å²) in [5.74, 6) is -0.297. The van der Waals surface area contributed by atoms with Crippen molar-refractivity contribution < 1.29 is 9.53 Å². The van der Waals surface area contributed by atoms with E-state index in [1.54, 1.807) is 23.5 Å². The Kier molecular flexibility index (Phi) is 3.29. The van der Waals surface area contributed by atoms with E-state index in [0.717, 1.165) is 5.56 Å². The van der Waals surface area contributed by atoms with Gasteiger partial charge in [-0.15, -0.1) is 11.3 Å². The van der Waals surface area contributed by atoms with E-state index < -0.39 is 0 Å². The fourth-order valence-electron chi connectivity index (χ4n) is 1.82. The molecule has 0 aliphatic heterocycles. The molecule has 0 aliphatic carbocycles. The Bertz CT molecular complexity index is 538. The Morgan fingerprint density at radius 2 is 1.82 bits per heavy atom. The predicted molar refractivity (Wildman–Crippen MR) is 70.6 cm³/mol. The Labute approximate surface area is 105 Å². The maximum atomic E-state index is 11.3. The first kappa shape index (κ1) is 11.9. The van der Waals surface area contributed by atoms with E-state index >= 15 is 0 Å². The largest absolute Gasteiger partial charge is 0.465 e. The molecular weight excluding hydrogens is 232 g/mol. The first-order valence-electron chi connectivity index (χ1n) is 5.37. The quantitative estimate of drug-likeness (QED) is 0.753. The Balaban J connectivity index is 2.35. The molecule has 0 aliphatic rings. The molecule has 0 bridgehead atoms. The third-order valence-corrected chi connectivity index (χ3v) is 3.62. The van der Waals surface area contributed by atoms with Gasteiger partial charge in [0.2, 0.25) is 0 Å². The first-order chi connectivity index (χ1) is 8.11. The second-order valence-electron chi connectivity index (χ2n) is 3.90. The molecule has 1 heterocycles. The summed E-state index contributed by atoms with van der Waals surface area (Å²) in [7, 11) is 1.39. The molecule has 0 fully saturated rings. The van der Waals surface area contributed by atoms with Crippen LogP contribution in [0.2, 0.25) is 0 Å². The van der Waals surface area contributed by atoms with Crippen LogP contribution in [0, 0.1) is 13.8 Å². The number of ether oxygens (including phenoxy) is 1. The van der Waals surface area contributed by atoms with Gasteiger partial charge in [0, 0.05) is 9.75 Å². The summed E-state index contributed by atoms with van der Waals surface area (Å²) in [6.07, 6.45) is 0. The van der Waals surface area contributed by atoms with Gasteiger partial charge in [0.1, 0.15) is 0 Å². The van der Waals surface area contributed by atoms with E-state index in [4.69, 9.17) is 0 Å². The van der Waals surface area contributed by atoms with E-state index in [0.29, 0.717) is 5.56 Å². The zero-order valence-corrected chi connectivity index (χ0v) is 10.9. The number of rotatable bonds is 2. The van der Waals surface area contributed by atoms with Crippen molar-refractivity contribution in [2.75, 3.05) is 7.11 Å². The summed E-state index contributed by atoms with van der Waals surface area (Å²) in [5.41, 5.74) is 2.96. The lowest BCUT2D eigenvalue weighted by Gasteiger charge is -2.02. The fourth-order valence-corrected chi connectivity index (χ4v) is 2.77. The minimum absolute atomic E-state index is 0.297. The molecule has 17 heavy (non-hydrogen) atoms. The van der Waals surface area contributed by atoms with Crippen molar-refractivity contribution in [1.29, 1.82) is 0 Å². The highest BCUT2D eigenvalue weighted by atomic mass is 32.1. The topological polar surface area (TPSA) is 26.3 Å². The van der Waals surface area contributed by atoms with Gasteiger partial charge in [0.05, 0.1) is 12.7 Å². The average Bonchev–Trinajstić information content (AvgIpc) is 2.68. The second-order valence-corrected chi connectivity index (χ2v) is 5.36. The molecule has 2 nitrogen and oxygen atoms in total. The molecule has 0 saturated heterocycles. The maximum absolute atomic E-state index is 11.3. The van der Waals surface area contributed by atoms with Gasteiger partial charge in [0.15, 0.2) is 0 Å². The monoisotopic (exact) mass is 246 g/mol. The molecule has 0 atom stereocenters. The van der Waals surface area contributed by atoms with Gasteiger partial charge in [0.25, 0.3) is 0 Å². The molecule has 0 radical (unpaired) electrons. The van der Waals surface area contributed by atoms with Gasteiger partial charge in [-0.3, -0.25) is 0 Å². The molecule has 2 aromatic rings. The zero-order chi connectivity index (χ0) is 12.4. The highest BCUT2D eigenvalue weighted by Crippen LogP contribution is 2.30. The van der Waals surface area contributed by atoms with Crippen LogP contribution in [0.1, 0.15) is 20.1 Å². The molecule has 0 spiro atoms. The third kappa shape index (κ3) is 2.39. The lowest BCUT2D eigenvalue weighted by molar-refractivity contribution is 0.0601. The van der Waals surface area contributed by atoms with E-state index in [1.807, 2.05) is 12.1 Å². The van der Waals surface area contributed by atoms with Crippen LogP contribution in [0.4, 0.5) is 0 Å². The molecule has 0 unspecified atom stereocenters. The van der Waals surface area contributed by atoms with E-state index in [2.05, 4.69) is 24.7 Å². The van der Waals surface area contributed by atoms with Crippen molar-refractivity contribution >= 4 is 17.3 Å². The van der Waals surface area contributed by atoms with Crippen LogP contribution in [0.5, 0.6) is 0 Å². The van der Waals surface area contributed by atoms with Crippen molar-refractivity contribution in [2.45, 2.75) is 13.8 Å². The highest BCUT2D eigenvalue weighted by Gasteiger charge is 2.08. The molecule has 1 aromatic carbocycles. The first-order valence-corrected chi connectivity index (χ1v) is 6.19. The van der Waals surface area contributed by atoms with Gasteiger partial charge < -0.3 is 4.74 Å². The van der Waals surface area contributed by atoms with Gasteiger partial charge in [-0.25, -0.2) is 4.79 Å². The number of benzene rings is 1. The van der Waals surface area contributed by atoms with Crippen LogP contribution < -0.4 is 0 Å². The number of hydrogen-bond donors (Lipinski definition) is 0. The molecule has 88 valence electrons. The number of carbonyl (C=O) groups excluding carboxylic acids is 1. The minimum Gasteiger partial charge on any atom is -0.465 e. The van der Waals surface area contributed by atoms with Crippen LogP contribution in [0.25, 0.3) is 11.1 Å². The average molecular weight is 246 g/mol. The van der Waals surface area contributed by atoms with Crippen molar-refractivity contribution in [3.05, 3.63) is 45.6 Å². The number of hydrogen-bond acceptors (Lipinski definition) is 3. The van der Waals surface area contributed by atoms with E-state index in [9.17, 15) is 4.79 Å². The molecule has 1 aromatic heterocycles. The number of methoxy groups -OCH3 is 1. The van der Waals surface area contributed by atoms with Crippen LogP contribution >= 0.6 is 11.3 Å². The van der Waals surface area contributed by atoms with Gasteiger partial charge >= 0.3 is 5.97 Å². The summed E-state index contributed by atoms with van der Waals surface area (Å²) in [4.78, 5) is 13.9. The zero-order valence-electron chi connectivity index (χ0n) is 10.1. The SMILES string of the molecule is COC(=O)c1ccc(-c2cc(C)sc2C)cc1. The summed E-state index contributed by atoms with van der Waals surface area (Å²) in [5, 5.41) is 0. The lowest BCUT2D eigenvalue weighted by Crippen LogP contribution is -2.00. The van der Waals surface area contributed by atoms with Crippen molar-refractivity contribution in [2.24, 2.45) is 0 Å². The molecule has 0 N–H and O–H groups in total. The van der Waals surface area contributed by atoms with Gasteiger partial charge in [-0.05, 0) is 43.2 Å². The van der Waals surface area contributed by atoms with Crippen LogP contribution in [0.15, 0.2) is 30.3 Å². The van der Waals surface area contributed by atoms with Crippen LogP contribution in [-0.2, 0) is 4.74 Å². The van der Waals surface area contributed by atoms with Gasteiger partial charge in [-0.2, -0.15) is 0 Å². The molecule has 0 amide bonds. The van der Waals surface area contributed by atoms with Gasteiger partial charge in [-0.1, -0.05) is 12.1 Å². The summed E-state index contributed by atoms with van der Waals surface area (Å²) < 4.78 is 4.67. The highest BCUT2D eigenvalue weighted by molar-refractivity contribution is 7.12. The molecular formula is C14H14O2S. The van der Waals surface area contributed by atoms with Crippen LogP contribution in [-0.4, -0.2) is 13.1 Å². The van der Waals surface area contributed by atoms with Crippen LogP contribution in [0.3, 0.4) is 0 Å². The standard InChI is InChI=1S/C14H14O2S/c1-9-8-13(10(2)17-9)11-4-6-12(7-5-11)14(15)16-3/h4-8H,1-3H3. The molecule has 2 rings (SSSR count).